The molecule has 5 rings (SSSR count). The number of amides is 1. The Morgan fingerprint density at radius 1 is 1.32 bits per heavy atom. The zero-order chi connectivity index (χ0) is 24.0. The molecule has 2 aliphatic heterocycles. The number of hydrogen-bond donors (Lipinski definition) is 3. The van der Waals surface area contributed by atoms with Crippen LogP contribution in [0.4, 0.5) is 24.5 Å². The van der Waals surface area contributed by atoms with Gasteiger partial charge in [-0.15, -0.1) is 11.3 Å². The van der Waals surface area contributed by atoms with Crippen molar-refractivity contribution in [2.45, 2.75) is 31.6 Å². The summed E-state index contributed by atoms with van der Waals surface area (Å²) in [5.74, 6) is 0.358. The summed E-state index contributed by atoms with van der Waals surface area (Å²) in [5.41, 5.74) is 9.05. The van der Waals surface area contributed by atoms with E-state index in [1.165, 1.54) is 11.3 Å². The van der Waals surface area contributed by atoms with Crippen molar-refractivity contribution in [3.8, 4) is 5.75 Å². The van der Waals surface area contributed by atoms with Gasteiger partial charge >= 0.3 is 6.18 Å². The number of nitrogens with one attached hydrogen (secondary N) is 2. The molecule has 2 aromatic heterocycles. The summed E-state index contributed by atoms with van der Waals surface area (Å²) in [6.07, 6.45) is -3.74. The molecule has 180 valence electrons. The Hall–Kier alpha value is -3.05. The molecule has 11 heteroatoms. The molecule has 1 aromatic carbocycles. The molecule has 2 atom stereocenters. The smallest absolute Gasteiger partial charge is 0.405 e. The van der Waals surface area contributed by atoms with Crippen molar-refractivity contribution < 1.29 is 22.7 Å². The van der Waals surface area contributed by atoms with Gasteiger partial charge in [0.15, 0.2) is 0 Å². The van der Waals surface area contributed by atoms with Gasteiger partial charge in [-0.05, 0) is 37.1 Å². The van der Waals surface area contributed by atoms with E-state index in [4.69, 9.17) is 10.5 Å². The summed E-state index contributed by atoms with van der Waals surface area (Å²) in [7, 11) is 0. The normalized spacial score (nSPS) is 20.6. The first-order chi connectivity index (χ1) is 16.2. The standard InChI is InChI=1S/C23H24F3N5O2S/c1-12-2-5-16-19(27)20(34-22(16)29-12)21(32)30-14-8-13-3-4-15(9-17(13)33-11-14)31-7-6-28-18(10-31)23(24,25)26/h2-5,9,14,18,28H,6-8,10-11,27H2,1H3,(H,30,32)/t14-,18?/m1/s1. The number of thiophene rings is 1. The van der Waals surface area contributed by atoms with E-state index >= 15 is 0 Å². The number of rotatable bonds is 3. The van der Waals surface area contributed by atoms with E-state index in [-0.39, 0.29) is 31.6 Å². The number of anilines is 2. The molecule has 7 nitrogen and oxygen atoms in total. The molecule has 0 aliphatic carbocycles. The van der Waals surface area contributed by atoms with Crippen molar-refractivity contribution in [1.29, 1.82) is 0 Å². The van der Waals surface area contributed by atoms with E-state index in [2.05, 4.69) is 15.6 Å². The van der Waals surface area contributed by atoms with Crippen LogP contribution in [0, 0.1) is 6.92 Å². The number of ether oxygens (including phenoxy) is 1. The predicted octanol–water partition coefficient (Wildman–Crippen LogP) is 3.26. The van der Waals surface area contributed by atoms with Gasteiger partial charge in [0, 0.05) is 42.5 Å². The van der Waals surface area contributed by atoms with Gasteiger partial charge in [-0.2, -0.15) is 13.2 Å². The second-order valence-electron chi connectivity index (χ2n) is 8.62. The SMILES string of the molecule is Cc1ccc2c(N)c(C(=O)N[C@H]3COc4cc(N5CCNC(C(F)(F)F)C5)ccc4C3)sc2n1. The number of aromatic nitrogens is 1. The number of nitrogens with two attached hydrogens (primary N) is 1. The maximum absolute atomic E-state index is 13.1. The van der Waals surface area contributed by atoms with Gasteiger partial charge in [-0.3, -0.25) is 4.79 Å². The number of nitrogens with zero attached hydrogens (tertiary/aromatic N) is 2. The first-order valence-corrected chi connectivity index (χ1v) is 11.8. The van der Waals surface area contributed by atoms with Crippen LogP contribution in [-0.4, -0.2) is 55.4 Å². The van der Waals surface area contributed by atoms with Crippen LogP contribution < -0.4 is 26.0 Å². The summed E-state index contributed by atoms with van der Waals surface area (Å²) < 4.78 is 45.2. The molecule has 4 N–H and O–H groups in total. The molecule has 3 aromatic rings. The molecule has 0 bridgehead atoms. The van der Waals surface area contributed by atoms with Gasteiger partial charge in [0.25, 0.3) is 5.91 Å². The van der Waals surface area contributed by atoms with E-state index in [1.54, 1.807) is 11.0 Å². The Kier molecular flexibility index (Phi) is 5.76. The van der Waals surface area contributed by atoms with E-state index < -0.39 is 12.2 Å². The molecule has 0 spiro atoms. The zero-order valence-electron chi connectivity index (χ0n) is 18.4. The molecule has 34 heavy (non-hydrogen) atoms. The third-order valence-corrected chi connectivity index (χ3v) is 7.28. The molecular formula is C23H24F3N5O2S. The Labute approximate surface area is 198 Å². The fourth-order valence-corrected chi connectivity index (χ4v) is 5.41. The average molecular weight is 492 g/mol. The summed E-state index contributed by atoms with van der Waals surface area (Å²) in [4.78, 5) is 20.2. The minimum absolute atomic E-state index is 0.147. The lowest BCUT2D eigenvalue weighted by Crippen LogP contribution is -2.57. The maximum Gasteiger partial charge on any atom is 0.405 e. The third-order valence-electron chi connectivity index (χ3n) is 6.17. The molecule has 1 unspecified atom stereocenters. The second kappa shape index (κ2) is 8.62. The van der Waals surface area contributed by atoms with Crippen molar-refractivity contribution in [2.75, 3.05) is 36.9 Å². The van der Waals surface area contributed by atoms with Crippen LogP contribution in [0.1, 0.15) is 20.9 Å². The summed E-state index contributed by atoms with van der Waals surface area (Å²) in [6.45, 7) is 2.73. The molecule has 1 amide bonds. The molecule has 0 saturated carbocycles. The first-order valence-electron chi connectivity index (χ1n) is 11.0. The number of nitrogen functional groups attached to an aromatic ring is 1. The Morgan fingerprint density at radius 3 is 2.94 bits per heavy atom. The summed E-state index contributed by atoms with van der Waals surface area (Å²) in [5, 5.41) is 6.27. The van der Waals surface area contributed by atoms with Crippen molar-refractivity contribution >= 4 is 38.8 Å². The number of piperazine rings is 1. The zero-order valence-corrected chi connectivity index (χ0v) is 19.2. The van der Waals surface area contributed by atoms with Crippen LogP contribution in [0.25, 0.3) is 10.2 Å². The van der Waals surface area contributed by atoms with Crippen LogP contribution in [0.3, 0.4) is 0 Å². The number of hydrogen-bond acceptors (Lipinski definition) is 7. The van der Waals surface area contributed by atoms with Crippen LogP contribution in [-0.2, 0) is 6.42 Å². The molecule has 4 heterocycles. The molecule has 1 fully saturated rings. The minimum atomic E-state index is -4.29. The molecule has 0 radical (unpaired) electrons. The highest BCUT2D eigenvalue weighted by atomic mass is 32.1. The lowest BCUT2D eigenvalue weighted by molar-refractivity contribution is -0.155. The fourth-order valence-electron chi connectivity index (χ4n) is 4.36. The Bertz CT molecular complexity index is 1250. The summed E-state index contributed by atoms with van der Waals surface area (Å²) in [6, 6.07) is 7.36. The number of benzene rings is 1. The van der Waals surface area contributed by atoms with Crippen molar-refractivity contribution in [3.05, 3.63) is 46.5 Å². The van der Waals surface area contributed by atoms with Gasteiger partial charge in [0.1, 0.15) is 28.1 Å². The average Bonchev–Trinajstić information content (AvgIpc) is 3.14. The Balaban J connectivity index is 1.27. The van der Waals surface area contributed by atoms with Crippen LogP contribution in [0.5, 0.6) is 5.75 Å². The van der Waals surface area contributed by atoms with Gasteiger partial charge in [0.05, 0.1) is 11.7 Å². The number of pyridine rings is 1. The van der Waals surface area contributed by atoms with Crippen LogP contribution in [0.15, 0.2) is 30.3 Å². The summed E-state index contributed by atoms with van der Waals surface area (Å²) >= 11 is 1.26. The predicted molar refractivity (Wildman–Crippen MR) is 126 cm³/mol. The van der Waals surface area contributed by atoms with Gasteiger partial charge < -0.3 is 26.0 Å². The van der Waals surface area contributed by atoms with Crippen molar-refractivity contribution in [3.63, 3.8) is 0 Å². The number of carbonyl (C=O) groups is 1. The highest BCUT2D eigenvalue weighted by Crippen LogP contribution is 2.34. The monoisotopic (exact) mass is 491 g/mol. The van der Waals surface area contributed by atoms with E-state index in [0.29, 0.717) is 35.0 Å². The lowest BCUT2D eigenvalue weighted by atomic mass is 10.0. The highest BCUT2D eigenvalue weighted by molar-refractivity contribution is 7.21. The number of aryl methyl sites for hydroxylation is 1. The fraction of sp³-hybridized carbons (Fsp3) is 0.391. The van der Waals surface area contributed by atoms with Crippen molar-refractivity contribution in [1.82, 2.24) is 15.6 Å². The van der Waals surface area contributed by atoms with Crippen molar-refractivity contribution in [2.24, 2.45) is 0 Å². The van der Waals surface area contributed by atoms with Crippen LogP contribution in [0.2, 0.25) is 0 Å². The number of fused-ring (bicyclic) bond motifs is 2. The van der Waals surface area contributed by atoms with E-state index in [1.807, 2.05) is 31.2 Å². The third kappa shape index (κ3) is 4.37. The highest BCUT2D eigenvalue weighted by Gasteiger charge is 2.42. The first kappa shape index (κ1) is 22.7. The quantitative estimate of drug-likeness (QED) is 0.521. The Morgan fingerprint density at radius 2 is 2.15 bits per heavy atom. The van der Waals surface area contributed by atoms with Crippen LogP contribution >= 0.6 is 11.3 Å². The number of carbonyl (C=O) groups excluding carboxylic acids is 1. The van der Waals surface area contributed by atoms with Gasteiger partial charge in [-0.1, -0.05) is 6.07 Å². The lowest BCUT2D eigenvalue weighted by Gasteiger charge is -2.36. The molecule has 2 aliphatic rings. The molecular weight excluding hydrogens is 467 g/mol. The number of alkyl halides is 3. The molecule has 1 saturated heterocycles. The largest absolute Gasteiger partial charge is 0.491 e. The van der Waals surface area contributed by atoms with Gasteiger partial charge in [0.2, 0.25) is 0 Å². The van der Waals surface area contributed by atoms with Gasteiger partial charge in [-0.25, -0.2) is 4.98 Å². The maximum atomic E-state index is 13.1. The number of halogens is 3. The second-order valence-corrected chi connectivity index (χ2v) is 9.62. The van der Waals surface area contributed by atoms with E-state index in [9.17, 15) is 18.0 Å². The minimum Gasteiger partial charge on any atom is -0.491 e. The topological polar surface area (TPSA) is 92.5 Å². The van der Waals surface area contributed by atoms with E-state index in [0.717, 1.165) is 21.5 Å².